The van der Waals surface area contributed by atoms with Crippen LogP contribution in [0.15, 0.2) is 41.7 Å². The van der Waals surface area contributed by atoms with E-state index in [2.05, 4.69) is 36.9 Å². The fourth-order valence-electron chi connectivity index (χ4n) is 3.93. The molecule has 0 bridgehead atoms. The molecule has 0 unspecified atom stereocenters. The number of anilines is 2. The number of ether oxygens (including phenoxy) is 1. The normalized spacial score (nSPS) is 17.0. The molecule has 0 N–H and O–H groups in total. The first-order chi connectivity index (χ1) is 14.2. The van der Waals surface area contributed by atoms with Crippen molar-refractivity contribution in [2.75, 3.05) is 43.1 Å². The first-order valence-electron chi connectivity index (χ1n) is 10.1. The summed E-state index contributed by atoms with van der Waals surface area (Å²) in [6.45, 7) is 3.97. The number of fused-ring (bicyclic) bond motifs is 1. The number of aromatic nitrogens is 4. The molecule has 0 spiro atoms. The van der Waals surface area contributed by atoms with E-state index in [-0.39, 0.29) is 5.56 Å². The van der Waals surface area contributed by atoms with Crippen LogP contribution in [0.3, 0.4) is 0 Å². The van der Waals surface area contributed by atoms with Crippen molar-refractivity contribution < 1.29 is 4.74 Å². The van der Waals surface area contributed by atoms with Gasteiger partial charge in [0.05, 0.1) is 18.0 Å². The van der Waals surface area contributed by atoms with Gasteiger partial charge in [-0.3, -0.25) is 4.79 Å². The van der Waals surface area contributed by atoms with Crippen LogP contribution in [0.2, 0.25) is 0 Å². The zero-order valence-electron chi connectivity index (χ0n) is 16.5. The highest BCUT2D eigenvalue weighted by Gasteiger charge is 2.25. The van der Waals surface area contributed by atoms with Crippen LogP contribution in [0.25, 0.3) is 10.9 Å². The Balaban J connectivity index is 1.33. The quantitative estimate of drug-likeness (QED) is 0.657. The van der Waals surface area contributed by atoms with Crippen molar-refractivity contribution in [3.8, 4) is 5.88 Å². The maximum Gasteiger partial charge on any atom is 0.293 e. The van der Waals surface area contributed by atoms with Gasteiger partial charge in [0.2, 0.25) is 5.88 Å². The van der Waals surface area contributed by atoms with Gasteiger partial charge in [0, 0.05) is 50.8 Å². The second-order valence-corrected chi connectivity index (χ2v) is 7.71. The summed E-state index contributed by atoms with van der Waals surface area (Å²) >= 11 is 0. The highest BCUT2D eigenvalue weighted by atomic mass is 16.5. The molecule has 0 radical (unpaired) electrons. The second-order valence-electron chi connectivity index (χ2n) is 7.71. The Hall–Kier alpha value is -3.16. The van der Waals surface area contributed by atoms with Crippen LogP contribution in [0.5, 0.6) is 5.88 Å². The molecule has 3 aromatic rings. The Kier molecular flexibility index (Phi) is 4.54. The van der Waals surface area contributed by atoms with Gasteiger partial charge in [-0.1, -0.05) is 0 Å². The van der Waals surface area contributed by atoms with Crippen LogP contribution in [-0.2, 0) is 6.54 Å². The lowest BCUT2D eigenvalue weighted by atomic mass is 10.2. The topological polar surface area (TPSA) is 76.4 Å². The molecule has 3 heterocycles. The average molecular weight is 392 g/mol. The first-order valence-corrected chi connectivity index (χ1v) is 10.1. The van der Waals surface area contributed by atoms with Gasteiger partial charge in [0.25, 0.3) is 5.56 Å². The fourth-order valence-corrected chi connectivity index (χ4v) is 3.93. The first kappa shape index (κ1) is 17.9. The van der Waals surface area contributed by atoms with E-state index in [4.69, 9.17) is 4.74 Å². The van der Waals surface area contributed by atoms with Crippen molar-refractivity contribution >= 4 is 22.4 Å². The molecule has 150 valence electrons. The second kappa shape index (κ2) is 7.35. The molecule has 2 fully saturated rings. The molecule has 29 heavy (non-hydrogen) atoms. The molecule has 5 rings (SSSR count). The van der Waals surface area contributed by atoms with E-state index in [1.165, 1.54) is 19.2 Å². The predicted molar refractivity (Wildman–Crippen MR) is 112 cm³/mol. The van der Waals surface area contributed by atoms with Gasteiger partial charge in [-0.15, -0.1) is 0 Å². The third-order valence-corrected chi connectivity index (χ3v) is 5.77. The molecule has 2 aliphatic rings. The lowest BCUT2D eigenvalue weighted by Crippen LogP contribution is -2.48. The zero-order valence-corrected chi connectivity index (χ0v) is 16.5. The molecule has 1 aliphatic heterocycles. The smallest absolute Gasteiger partial charge is 0.293 e. The van der Waals surface area contributed by atoms with Gasteiger partial charge >= 0.3 is 0 Å². The average Bonchev–Trinajstić information content (AvgIpc) is 3.59. The summed E-state index contributed by atoms with van der Waals surface area (Å²) in [4.78, 5) is 30.1. The van der Waals surface area contributed by atoms with Crippen molar-refractivity contribution in [2.24, 2.45) is 5.92 Å². The van der Waals surface area contributed by atoms with E-state index in [1.54, 1.807) is 13.3 Å². The molecule has 1 aliphatic carbocycles. The summed E-state index contributed by atoms with van der Waals surface area (Å²) in [5.41, 5.74) is 2.00. The van der Waals surface area contributed by atoms with E-state index < -0.39 is 0 Å². The van der Waals surface area contributed by atoms with E-state index in [0.717, 1.165) is 49.3 Å². The van der Waals surface area contributed by atoms with Gasteiger partial charge in [-0.2, -0.15) is 0 Å². The number of rotatable bonds is 5. The number of methoxy groups -OCH3 is 1. The van der Waals surface area contributed by atoms with E-state index in [1.807, 2.05) is 16.8 Å². The summed E-state index contributed by atoms with van der Waals surface area (Å²) < 4.78 is 7.20. The van der Waals surface area contributed by atoms with Crippen LogP contribution in [0.4, 0.5) is 11.5 Å². The minimum atomic E-state index is 0.0282. The van der Waals surface area contributed by atoms with E-state index in [0.29, 0.717) is 17.6 Å². The number of piperazine rings is 1. The van der Waals surface area contributed by atoms with Gasteiger partial charge in [0.15, 0.2) is 5.82 Å². The third-order valence-electron chi connectivity index (χ3n) is 5.77. The number of benzene rings is 1. The Morgan fingerprint density at radius 1 is 1.07 bits per heavy atom. The SMILES string of the molecule is COc1ncnc2ccc(N3CCN(c4nccn(CC5CC5)c4=O)CC3)cc12. The number of nitrogens with zero attached hydrogens (tertiary/aromatic N) is 6. The lowest BCUT2D eigenvalue weighted by Gasteiger charge is -2.36. The molecule has 8 nitrogen and oxygen atoms in total. The molecule has 1 aromatic carbocycles. The molecular weight excluding hydrogens is 368 g/mol. The summed E-state index contributed by atoms with van der Waals surface area (Å²) in [6.07, 6.45) is 7.53. The summed E-state index contributed by atoms with van der Waals surface area (Å²) in [5.74, 6) is 1.82. The monoisotopic (exact) mass is 392 g/mol. The Bertz CT molecular complexity index is 1090. The molecule has 2 aromatic heterocycles. The van der Waals surface area contributed by atoms with Crippen molar-refractivity contribution in [3.05, 3.63) is 47.3 Å². The maximum absolute atomic E-state index is 12.8. The largest absolute Gasteiger partial charge is 0.480 e. The molecular formula is C21H24N6O2. The summed E-state index contributed by atoms with van der Waals surface area (Å²) in [7, 11) is 1.62. The fraction of sp³-hybridized carbons (Fsp3) is 0.429. The predicted octanol–water partition coefficient (Wildman–Crippen LogP) is 1.93. The van der Waals surface area contributed by atoms with Crippen LogP contribution >= 0.6 is 0 Å². The van der Waals surface area contributed by atoms with E-state index >= 15 is 0 Å². The van der Waals surface area contributed by atoms with Gasteiger partial charge in [-0.05, 0) is 37.0 Å². The van der Waals surface area contributed by atoms with Gasteiger partial charge < -0.3 is 19.1 Å². The van der Waals surface area contributed by atoms with Crippen molar-refractivity contribution in [1.29, 1.82) is 0 Å². The minimum absolute atomic E-state index is 0.0282. The Morgan fingerprint density at radius 3 is 2.62 bits per heavy atom. The highest BCUT2D eigenvalue weighted by Crippen LogP contribution is 2.30. The summed E-state index contributed by atoms with van der Waals surface area (Å²) in [6, 6.07) is 6.15. The van der Waals surface area contributed by atoms with Crippen LogP contribution in [-0.4, -0.2) is 52.8 Å². The molecule has 0 amide bonds. The summed E-state index contributed by atoms with van der Waals surface area (Å²) in [5, 5.41) is 0.905. The van der Waals surface area contributed by atoms with E-state index in [9.17, 15) is 4.79 Å². The number of hydrogen-bond acceptors (Lipinski definition) is 7. The maximum atomic E-state index is 12.8. The molecule has 0 atom stereocenters. The van der Waals surface area contributed by atoms with Gasteiger partial charge in [-0.25, -0.2) is 15.0 Å². The van der Waals surface area contributed by atoms with Crippen LogP contribution in [0, 0.1) is 5.92 Å². The molecule has 1 saturated heterocycles. The molecule has 8 heteroatoms. The van der Waals surface area contributed by atoms with Gasteiger partial charge in [0.1, 0.15) is 6.33 Å². The van der Waals surface area contributed by atoms with Crippen LogP contribution < -0.4 is 20.1 Å². The highest BCUT2D eigenvalue weighted by molar-refractivity contribution is 5.86. The molecule has 1 saturated carbocycles. The third kappa shape index (κ3) is 3.50. The van der Waals surface area contributed by atoms with Crippen molar-refractivity contribution in [3.63, 3.8) is 0 Å². The Morgan fingerprint density at radius 2 is 1.86 bits per heavy atom. The Labute approximate surface area is 168 Å². The van der Waals surface area contributed by atoms with Crippen molar-refractivity contribution in [1.82, 2.24) is 19.5 Å². The standard InChI is InChI=1S/C21H24N6O2/c1-29-20-17-12-16(4-5-18(17)23-14-24-20)25-8-10-26(11-9-25)19-21(28)27(7-6-22-19)13-15-2-3-15/h4-7,12,14-15H,2-3,8-11,13H2,1H3. The number of hydrogen-bond donors (Lipinski definition) is 0. The van der Waals surface area contributed by atoms with Crippen molar-refractivity contribution in [2.45, 2.75) is 19.4 Å². The zero-order chi connectivity index (χ0) is 19.8. The lowest BCUT2D eigenvalue weighted by molar-refractivity contribution is 0.402. The minimum Gasteiger partial charge on any atom is -0.480 e. The van der Waals surface area contributed by atoms with Crippen LogP contribution in [0.1, 0.15) is 12.8 Å².